The van der Waals surface area contributed by atoms with Crippen LogP contribution in [0.1, 0.15) is 90.7 Å². The monoisotopic (exact) mass is 737 g/mol. The van der Waals surface area contributed by atoms with E-state index in [2.05, 4.69) is 22.5 Å². The van der Waals surface area contributed by atoms with Crippen LogP contribution in [0.3, 0.4) is 0 Å². The summed E-state index contributed by atoms with van der Waals surface area (Å²) in [5.74, 6) is -3.57. The van der Waals surface area contributed by atoms with Gasteiger partial charge in [0.25, 0.3) is 11.5 Å². The summed E-state index contributed by atoms with van der Waals surface area (Å²) < 4.78 is 29.8. The first-order valence-corrected chi connectivity index (χ1v) is 17.8. The maximum atomic E-state index is 13.2. The molecule has 290 valence electrons. The average Bonchev–Trinajstić information content (AvgIpc) is 3.35. The minimum absolute atomic E-state index is 0.0487. The van der Waals surface area contributed by atoms with Crippen LogP contribution in [-0.4, -0.2) is 106 Å². The molecule has 0 spiro atoms. The van der Waals surface area contributed by atoms with Crippen molar-refractivity contribution in [3.05, 3.63) is 44.9 Å². The number of hydrogen-bond acceptors (Lipinski definition) is 13. The summed E-state index contributed by atoms with van der Waals surface area (Å²) in [5.41, 5.74) is 4.12. The second-order valence-corrected chi connectivity index (χ2v) is 13.4. The Kier molecular flexibility index (Phi) is 14.9. The van der Waals surface area contributed by atoms with Gasteiger partial charge < -0.3 is 50.3 Å². The lowest BCUT2D eigenvalue weighted by Crippen LogP contribution is -2.54. The third-order valence-corrected chi connectivity index (χ3v) is 9.29. The number of nitrogens with one attached hydrogen (secondary N) is 3. The van der Waals surface area contributed by atoms with Crippen molar-refractivity contribution < 1.29 is 53.1 Å². The van der Waals surface area contributed by atoms with Gasteiger partial charge in [-0.1, -0.05) is 45.4 Å². The van der Waals surface area contributed by atoms with Gasteiger partial charge in [0.1, 0.15) is 30.5 Å². The van der Waals surface area contributed by atoms with Crippen molar-refractivity contribution in [1.29, 1.82) is 0 Å². The number of primary amides is 1. The zero-order valence-corrected chi connectivity index (χ0v) is 29.7. The summed E-state index contributed by atoms with van der Waals surface area (Å²) >= 11 is 0. The van der Waals surface area contributed by atoms with E-state index in [1.54, 1.807) is 0 Å². The Hall–Kier alpha value is -4.10. The molecule has 4 heterocycles. The zero-order chi connectivity index (χ0) is 37.9. The zero-order valence-electron chi connectivity index (χ0n) is 29.7. The molecule has 0 aromatic carbocycles. The average molecular weight is 738 g/mol. The van der Waals surface area contributed by atoms with Crippen LogP contribution in [0.25, 0.3) is 0 Å². The van der Waals surface area contributed by atoms with Gasteiger partial charge in [0.15, 0.2) is 24.2 Å². The van der Waals surface area contributed by atoms with E-state index < -0.39 is 95.9 Å². The number of aromatic nitrogens is 2. The van der Waals surface area contributed by atoms with Gasteiger partial charge in [0.2, 0.25) is 18.1 Å². The number of hydrogen-bond donors (Lipinski definition) is 6. The molecule has 1 aromatic rings. The molecule has 18 heteroatoms. The maximum Gasteiger partial charge on any atom is 0.330 e. The molecule has 3 aliphatic heterocycles. The molecule has 18 nitrogen and oxygen atoms in total. The number of aromatic amines is 1. The number of amides is 3. The summed E-state index contributed by atoms with van der Waals surface area (Å²) in [4.78, 5) is 78.5. The number of carbonyl (C=O) groups is 4. The fourth-order valence-electron chi connectivity index (χ4n) is 6.47. The minimum atomic E-state index is -1.88. The molecule has 4 rings (SSSR count). The summed E-state index contributed by atoms with van der Waals surface area (Å²) in [7, 11) is 1.24. The van der Waals surface area contributed by atoms with Crippen molar-refractivity contribution >= 4 is 23.7 Å². The Morgan fingerprint density at radius 3 is 2.46 bits per heavy atom. The van der Waals surface area contributed by atoms with Crippen LogP contribution >= 0.6 is 0 Å². The lowest BCUT2D eigenvalue weighted by atomic mass is 10.0. The van der Waals surface area contributed by atoms with E-state index in [4.69, 9.17) is 29.4 Å². The van der Waals surface area contributed by atoms with E-state index >= 15 is 0 Å². The molecule has 52 heavy (non-hydrogen) atoms. The quantitative estimate of drug-likeness (QED) is 0.0872. The molecule has 0 saturated carbocycles. The first kappa shape index (κ1) is 40.7. The number of H-pyrrole nitrogens is 1. The molecule has 7 N–H and O–H groups in total. The number of carbonyl (C=O) groups excluding carboxylic acids is 4. The number of ether oxygens (including phenoxy) is 5. The molecule has 0 bridgehead atoms. The standard InChI is InChI=1S/C34H51N5O13/c1-4-5-6-7-8-9-10-14-23(42)50-28-25(48-3)26(51-32(28)39-16-15-22(41)38-34(39)47)27(29(35)44)52-33-24(43)20(40)17-21(49-33)31(46)37-19-13-11-12-18(2)36-30(19)45/h15-20,24-28,32-33,40,43H,4-14H2,1-3H3,(H2,35,44)(H,36,45)(H,37,46)(H,38,41,47)/t18-,19+,20+,24+,25-,26+,27?,28-,32-,33-/m1/s1. The van der Waals surface area contributed by atoms with Gasteiger partial charge in [-0.05, 0) is 38.7 Å². The summed E-state index contributed by atoms with van der Waals surface area (Å²) in [6.07, 6.45) is -2.37. The van der Waals surface area contributed by atoms with Gasteiger partial charge in [-0.25, -0.2) is 4.79 Å². The summed E-state index contributed by atoms with van der Waals surface area (Å²) in [6, 6.07) is 0.0756. The molecule has 10 atom stereocenters. The van der Waals surface area contributed by atoms with E-state index in [9.17, 15) is 39.0 Å². The highest BCUT2D eigenvalue weighted by atomic mass is 16.7. The van der Waals surface area contributed by atoms with Crippen molar-refractivity contribution in [2.24, 2.45) is 5.73 Å². The van der Waals surface area contributed by atoms with E-state index in [0.717, 1.165) is 67.9 Å². The van der Waals surface area contributed by atoms with Gasteiger partial charge in [-0.2, -0.15) is 0 Å². The molecule has 1 aromatic heterocycles. The molecule has 1 unspecified atom stereocenters. The fourth-order valence-corrected chi connectivity index (χ4v) is 6.47. The molecular weight excluding hydrogens is 686 g/mol. The van der Waals surface area contributed by atoms with Gasteiger partial charge in [0, 0.05) is 31.8 Å². The highest BCUT2D eigenvalue weighted by Crippen LogP contribution is 2.36. The third kappa shape index (κ3) is 10.5. The SMILES string of the molecule is CCCCCCCCCC(=O)O[C@@H]1[C@H](OC)[C@@H](C(O[C@H]2OC(C(=O)N[C@H]3CCC[C@@H](C)NC3=O)=C[C@H](O)[C@@H]2O)C(N)=O)O[C@H]1n1ccc(=O)[nH]c1=O. The number of rotatable bonds is 17. The second-order valence-electron chi connectivity index (χ2n) is 13.4. The first-order valence-electron chi connectivity index (χ1n) is 17.8. The van der Waals surface area contributed by atoms with Crippen molar-refractivity contribution in [1.82, 2.24) is 20.2 Å². The van der Waals surface area contributed by atoms with Crippen LogP contribution in [0, 0.1) is 0 Å². The molecule has 0 aliphatic carbocycles. The molecular formula is C34H51N5O13. The van der Waals surface area contributed by atoms with Crippen LogP contribution < -0.4 is 27.6 Å². The van der Waals surface area contributed by atoms with Crippen LogP contribution in [0.4, 0.5) is 0 Å². The molecule has 0 radical (unpaired) electrons. The van der Waals surface area contributed by atoms with Crippen molar-refractivity contribution in [3.63, 3.8) is 0 Å². The topological polar surface area (TPSA) is 260 Å². The number of nitrogens with zero attached hydrogens (tertiary/aromatic N) is 1. The number of nitrogens with two attached hydrogens (primary N) is 1. The Balaban J connectivity index is 1.52. The van der Waals surface area contributed by atoms with E-state index in [1.807, 2.05) is 6.92 Å². The maximum absolute atomic E-state index is 13.2. The number of methoxy groups -OCH3 is 1. The number of unbranched alkanes of at least 4 members (excludes halogenated alkanes) is 6. The van der Waals surface area contributed by atoms with Gasteiger partial charge in [0.05, 0.1) is 0 Å². The number of esters is 1. The molecule has 3 aliphatic rings. The molecule has 3 amide bonds. The fraction of sp³-hybridized carbons (Fsp3) is 0.706. The lowest BCUT2D eigenvalue weighted by Gasteiger charge is -2.35. The van der Waals surface area contributed by atoms with E-state index in [1.165, 1.54) is 7.11 Å². The molecule has 2 saturated heterocycles. The Morgan fingerprint density at radius 2 is 1.79 bits per heavy atom. The third-order valence-electron chi connectivity index (χ3n) is 9.29. The van der Waals surface area contributed by atoms with E-state index in [0.29, 0.717) is 19.3 Å². The van der Waals surface area contributed by atoms with Gasteiger partial charge in [-0.15, -0.1) is 0 Å². The van der Waals surface area contributed by atoms with Crippen molar-refractivity contribution in [3.8, 4) is 0 Å². The second kappa shape index (κ2) is 19.1. The first-order chi connectivity index (χ1) is 24.8. The minimum Gasteiger partial charge on any atom is -0.456 e. The number of aliphatic hydroxyl groups is 2. The normalized spacial score (nSPS) is 29.6. The Bertz CT molecular complexity index is 1550. The Morgan fingerprint density at radius 1 is 1.08 bits per heavy atom. The van der Waals surface area contributed by atoms with Crippen molar-refractivity contribution in [2.75, 3.05) is 7.11 Å². The number of aliphatic hydroxyl groups excluding tert-OH is 2. The van der Waals surface area contributed by atoms with Gasteiger partial charge in [-0.3, -0.25) is 33.5 Å². The van der Waals surface area contributed by atoms with Gasteiger partial charge >= 0.3 is 11.7 Å². The predicted molar refractivity (Wildman–Crippen MR) is 181 cm³/mol. The van der Waals surface area contributed by atoms with Crippen LogP contribution in [0.5, 0.6) is 0 Å². The highest BCUT2D eigenvalue weighted by Gasteiger charge is 2.54. The van der Waals surface area contributed by atoms with Crippen LogP contribution in [-0.2, 0) is 42.9 Å². The van der Waals surface area contributed by atoms with Crippen molar-refractivity contribution in [2.45, 2.75) is 146 Å². The largest absolute Gasteiger partial charge is 0.456 e. The summed E-state index contributed by atoms with van der Waals surface area (Å²) in [5, 5.41) is 26.7. The predicted octanol–water partition coefficient (Wildman–Crippen LogP) is -0.493. The van der Waals surface area contributed by atoms with Crippen LogP contribution in [0.15, 0.2) is 33.7 Å². The van der Waals surface area contributed by atoms with Crippen LogP contribution in [0.2, 0.25) is 0 Å². The molecule has 2 fully saturated rings. The smallest absolute Gasteiger partial charge is 0.330 e. The summed E-state index contributed by atoms with van der Waals surface area (Å²) in [6.45, 7) is 3.97. The van der Waals surface area contributed by atoms with E-state index in [-0.39, 0.29) is 12.5 Å². The lowest BCUT2D eigenvalue weighted by molar-refractivity contribution is -0.241. The Labute approximate surface area is 300 Å². The highest BCUT2D eigenvalue weighted by molar-refractivity contribution is 5.95.